The van der Waals surface area contributed by atoms with Crippen molar-refractivity contribution in [1.29, 1.82) is 0 Å². The molecule has 0 atom stereocenters. The first-order valence-corrected chi connectivity index (χ1v) is 9.75. The maximum Gasteiger partial charge on any atom is 0.0947 e. The van der Waals surface area contributed by atoms with Crippen LogP contribution in [0.25, 0.3) is 10.9 Å². The van der Waals surface area contributed by atoms with Crippen molar-refractivity contribution in [1.82, 2.24) is 9.89 Å². The summed E-state index contributed by atoms with van der Waals surface area (Å²) in [6.07, 6.45) is 0. The van der Waals surface area contributed by atoms with Crippen molar-refractivity contribution in [3.8, 4) is 0 Å². The third-order valence-electron chi connectivity index (χ3n) is 6.85. The average molecular weight is 342 g/mol. The molecule has 1 aliphatic rings. The van der Waals surface area contributed by atoms with Gasteiger partial charge in [0.2, 0.25) is 0 Å². The molecule has 25 heavy (non-hydrogen) atoms. The Bertz CT molecular complexity index is 771. The summed E-state index contributed by atoms with van der Waals surface area (Å²) in [7, 11) is 0. The third-order valence-corrected chi connectivity index (χ3v) is 6.85. The van der Waals surface area contributed by atoms with Gasteiger partial charge in [-0.1, -0.05) is 54.5 Å². The lowest BCUT2D eigenvalue weighted by molar-refractivity contribution is 0.457. The van der Waals surface area contributed by atoms with E-state index in [1.807, 2.05) is 0 Å². The summed E-state index contributed by atoms with van der Waals surface area (Å²) < 4.78 is 0. The van der Waals surface area contributed by atoms with Gasteiger partial charge in [0.15, 0.2) is 0 Å². The molecule has 1 aromatic carbocycles. The van der Waals surface area contributed by atoms with Gasteiger partial charge in [-0.2, -0.15) is 9.89 Å². The highest BCUT2D eigenvalue weighted by Crippen LogP contribution is 2.74. The van der Waals surface area contributed by atoms with E-state index in [4.69, 9.17) is 5.10 Å². The van der Waals surface area contributed by atoms with Gasteiger partial charge in [-0.05, 0) is 47.8 Å². The van der Waals surface area contributed by atoms with Crippen molar-refractivity contribution in [3.63, 3.8) is 0 Å². The summed E-state index contributed by atoms with van der Waals surface area (Å²) in [6, 6.07) is 6.85. The van der Waals surface area contributed by atoms with Gasteiger partial charge in [0.05, 0.1) is 11.2 Å². The fourth-order valence-electron chi connectivity index (χ4n) is 4.42. The standard InChI is InChI=1S/C22H35N3/c1-10-24(11-2)25-18(19-21(6,7)22(19,8)9)16-14-15(20(3,4)5)12-13-17(16)23-25/h12-14,19H,10-11H2,1-9H3. The minimum absolute atomic E-state index is 0.150. The first-order chi connectivity index (χ1) is 11.5. The molecule has 0 bridgehead atoms. The van der Waals surface area contributed by atoms with Crippen LogP contribution in [0.3, 0.4) is 0 Å². The van der Waals surface area contributed by atoms with Gasteiger partial charge in [-0.3, -0.25) is 5.01 Å². The Morgan fingerprint density at radius 3 is 2.04 bits per heavy atom. The number of hydrogen-bond acceptors (Lipinski definition) is 2. The molecule has 138 valence electrons. The van der Waals surface area contributed by atoms with Crippen LogP contribution in [0.4, 0.5) is 0 Å². The van der Waals surface area contributed by atoms with Crippen molar-refractivity contribution in [2.75, 3.05) is 18.1 Å². The van der Waals surface area contributed by atoms with Crippen LogP contribution < -0.4 is 5.01 Å². The fraction of sp³-hybridized carbons (Fsp3) is 0.682. The summed E-state index contributed by atoms with van der Waals surface area (Å²) in [4.78, 5) is 2.22. The molecule has 3 rings (SSSR count). The molecule has 0 N–H and O–H groups in total. The molecular weight excluding hydrogens is 306 g/mol. The molecule has 0 amide bonds. The summed E-state index contributed by atoms with van der Waals surface area (Å²) in [5.74, 6) is 0.529. The van der Waals surface area contributed by atoms with Crippen LogP contribution in [0.15, 0.2) is 18.2 Å². The molecule has 3 heteroatoms. The zero-order valence-electron chi connectivity index (χ0n) is 17.6. The van der Waals surface area contributed by atoms with Crippen LogP contribution in [0.2, 0.25) is 0 Å². The Morgan fingerprint density at radius 1 is 1.04 bits per heavy atom. The first-order valence-electron chi connectivity index (χ1n) is 9.75. The van der Waals surface area contributed by atoms with Gasteiger partial charge in [0.25, 0.3) is 0 Å². The predicted octanol–water partition coefficient (Wildman–Crippen LogP) is 5.46. The number of benzene rings is 1. The van der Waals surface area contributed by atoms with Gasteiger partial charge >= 0.3 is 0 Å². The first kappa shape index (κ1) is 18.3. The van der Waals surface area contributed by atoms with Crippen molar-refractivity contribution in [2.45, 2.75) is 73.6 Å². The van der Waals surface area contributed by atoms with Gasteiger partial charge in [0, 0.05) is 24.4 Å². The summed E-state index contributed by atoms with van der Waals surface area (Å²) in [6.45, 7) is 22.8. The number of rotatable bonds is 4. The van der Waals surface area contributed by atoms with Gasteiger partial charge in [0.1, 0.15) is 0 Å². The lowest BCUT2D eigenvalue weighted by Gasteiger charge is -2.24. The van der Waals surface area contributed by atoms with E-state index >= 15 is 0 Å². The van der Waals surface area contributed by atoms with Gasteiger partial charge in [-0.25, -0.2) is 0 Å². The zero-order valence-corrected chi connectivity index (χ0v) is 17.6. The smallest absolute Gasteiger partial charge is 0.0947 e. The van der Waals surface area contributed by atoms with Gasteiger partial charge in [-0.15, -0.1) is 0 Å². The third kappa shape index (κ3) is 2.58. The second-order valence-corrected chi connectivity index (χ2v) is 9.77. The van der Waals surface area contributed by atoms with E-state index in [1.165, 1.54) is 16.6 Å². The molecule has 0 saturated heterocycles. The van der Waals surface area contributed by atoms with Crippen LogP contribution in [-0.2, 0) is 5.41 Å². The molecular formula is C22H35N3. The second kappa shape index (κ2) is 5.49. The molecule has 0 aliphatic heterocycles. The van der Waals surface area contributed by atoms with E-state index in [-0.39, 0.29) is 5.41 Å². The summed E-state index contributed by atoms with van der Waals surface area (Å²) in [5, 5.41) is 8.69. The highest BCUT2D eigenvalue weighted by molar-refractivity contribution is 5.84. The Kier molecular flexibility index (Phi) is 4.02. The zero-order chi connectivity index (χ0) is 18.8. The molecule has 0 spiro atoms. The van der Waals surface area contributed by atoms with E-state index in [1.54, 1.807) is 0 Å². The highest BCUT2D eigenvalue weighted by atomic mass is 15.7. The number of hydrogen-bond donors (Lipinski definition) is 0. The van der Waals surface area contributed by atoms with Crippen LogP contribution in [0.5, 0.6) is 0 Å². The summed E-state index contributed by atoms with van der Waals surface area (Å²) >= 11 is 0. The quantitative estimate of drug-likeness (QED) is 0.736. The van der Waals surface area contributed by atoms with Crippen LogP contribution in [0.1, 0.15) is 79.5 Å². The maximum atomic E-state index is 5.01. The Labute approximate surface area is 153 Å². The monoisotopic (exact) mass is 341 g/mol. The van der Waals surface area contributed by atoms with E-state index in [0.717, 1.165) is 18.6 Å². The fourth-order valence-corrected chi connectivity index (χ4v) is 4.42. The minimum atomic E-state index is 0.150. The SMILES string of the molecule is CCN(CC)n1nc2ccc(C(C)(C)C)cc2c1C1C(C)(C)C1(C)C. The number of fused-ring (bicyclic) bond motifs is 1. The number of nitrogens with zero attached hydrogens (tertiary/aromatic N) is 3. The molecule has 0 radical (unpaired) electrons. The van der Waals surface area contributed by atoms with Crippen molar-refractivity contribution >= 4 is 10.9 Å². The lowest BCUT2D eigenvalue weighted by atomic mass is 9.86. The Balaban J connectivity index is 2.28. The largest absolute Gasteiger partial charge is 0.297 e. The predicted molar refractivity (Wildman–Crippen MR) is 108 cm³/mol. The van der Waals surface area contributed by atoms with Crippen LogP contribution in [0, 0.1) is 10.8 Å². The van der Waals surface area contributed by atoms with E-state index in [9.17, 15) is 0 Å². The van der Waals surface area contributed by atoms with E-state index < -0.39 is 0 Å². The summed E-state index contributed by atoms with van der Waals surface area (Å²) in [5.41, 5.74) is 4.65. The number of aromatic nitrogens is 2. The van der Waals surface area contributed by atoms with Crippen molar-refractivity contribution in [2.24, 2.45) is 10.8 Å². The molecule has 1 saturated carbocycles. The van der Waals surface area contributed by atoms with Crippen LogP contribution in [-0.4, -0.2) is 23.0 Å². The van der Waals surface area contributed by atoms with E-state index in [0.29, 0.717) is 16.7 Å². The molecule has 0 unspecified atom stereocenters. The van der Waals surface area contributed by atoms with Crippen LogP contribution >= 0.6 is 0 Å². The molecule has 1 aromatic heterocycles. The molecule has 2 aromatic rings. The highest BCUT2D eigenvalue weighted by Gasteiger charge is 2.67. The molecule has 1 heterocycles. The molecule has 1 aliphatic carbocycles. The Morgan fingerprint density at radius 2 is 1.60 bits per heavy atom. The molecule has 3 nitrogen and oxygen atoms in total. The lowest BCUT2D eigenvalue weighted by Crippen LogP contribution is -2.36. The Hall–Kier alpha value is -1.51. The van der Waals surface area contributed by atoms with E-state index in [2.05, 4.69) is 90.3 Å². The maximum absolute atomic E-state index is 5.01. The molecule has 1 fully saturated rings. The van der Waals surface area contributed by atoms with Crippen molar-refractivity contribution < 1.29 is 0 Å². The average Bonchev–Trinajstić information content (AvgIpc) is 2.80. The second-order valence-electron chi connectivity index (χ2n) is 9.77. The topological polar surface area (TPSA) is 21.1 Å². The van der Waals surface area contributed by atoms with Crippen molar-refractivity contribution in [3.05, 3.63) is 29.5 Å². The minimum Gasteiger partial charge on any atom is -0.297 e. The normalized spacial score (nSPS) is 19.4. The van der Waals surface area contributed by atoms with Gasteiger partial charge < -0.3 is 0 Å².